The molecule has 0 aromatic heterocycles. The van der Waals surface area contributed by atoms with Crippen LogP contribution < -0.4 is 4.74 Å². The van der Waals surface area contributed by atoms with E-state index in [0.717, 1.165) is 6.92 Å². The second-order valence-corrected chi connectivity index (χ2v) is 5.23. The third kappa shape index (κ3) is 3.43. The molecule has 1 aromatic carbocycles. The Bertz CT molecular complexity index is 476. The summed E-state index contributed by atoms with van der Waals surface area (Å²) in [5.74, 6) is -4.06. The van der Waals surface area contributed by atoms with E-state index < -0.39 is 17.3 Å². The van der Waals surface area contributed by atoms with E-state index in [1.807, 2.05) is 0 Å². The van der Waals surface area contributed by atoms with Gasteiger partial charge in [0.25, 0.3) is 5.92 Å². The fraction of sp³-hybridized carbons (Fsp3) is 0.500. The molecule has 0 fully saturated rings. The van der Waals surface area contributed by atoms with Crippen molar-refractivity contribution >= 4 is 5.97 Å². The number of hydrogen-bond acceptors (Lipinski definition) is 2. The minimum atomic E-state index is -3.10. The zero-order valence-corrected chi connectivity index (χ0v) is 11.5. The molecular weight excluding hydrogens is 254 g/mol. The molecule has 0 atom stereocenters. The number of benzene rings is 1. The van der Waals surface area contributed by atoms with E-state index in [-0.39, 0.29) is 17.7 Å². The minimum absolute atomic E-state index is 0.0727. The second kappa shape index (κ2) is 5.15. The predicted octanol–water partition coefficient (Wildman–Crippen LogP) is 3.56. The Kier molecular flexibility index (Phi) is 4.18. The van der Waals surface area contributed by atoms with Crippen molar-refractivity contribution in [2.24, 2.45) is 0 Å². The molecule has 0 saturated heterocycles. The van der Waals surface area contributed by atoms with Crippen LogP contribution in [0.3, 0.4) is 0 Å². The van der Waals surface area contributed by atoms with Crippen LogP contribution in [0.5, 0.6) is 5.75 Å². The first-order chi connectivity index (χ1) is 8.59. The van der Waals surface area contributed by atoms with Gasteiger partial charge in [0.1, 0.15) is 5.75 Å². The maximum atomic E-state index is 13.8. The summed E-state index contributed by atoms with van der Waals surface area (Å²) in [5, 5.41) is 8.91. The van der Waals surface area contributed by atoms with E-state index in [4.69, 9.17) is 9.84 Å². The van der Waals surface area contributed by atoms with Gasteiger partial charge in [-0.3, -0.25) is 4.79 Å². The molecule has 0 aliphatic rings. The molecule has 106 valence electrons. The topological polar surface area (TPSA) is 46.5 Å². The quantitative estimate of drug-likeness (QED) is 0.891. The molecule has 3 nitrogen and oxygen atoms in total. The first-order valence-corrected chi connectivity index (χ1v) is 5.87. The van der Waals surface area contributed by atoms with Gasteiger partial charge in [-0.15, -0.1) is 0 Å². The van der Waals surface area contributed by atoms with Crippen molar-refractivity contribution in [3.8, 4) is 5.75 Å². The number of ether oxygens (including phenoxy) is 1. The first kappa shape index (κ1) is 15.4. The lowest BCUT2D eigenvalue weighted by molar-refractivity contribution is -0.138. The van der Waals surface area contributed by atoms with Crippen LogP contribution >= 0.6 is 0 Å². The molecule has 0 radical (unpaired) electrons. The number of carboxylic acids is 1. The highest BCUT2D eigenvalue weighted by Crippen LogP contribution is 2.42. The van der Waals surface area contributed by atoms with Crippen LogP contribution in [0.15, 0.2) is 18.2 Å². The minimum Gasteiger partial charge on any atom is -0.496 e. The van der Waals surface area contributed by atoms with E-state index in [1.54, 1.807) is 19.9 Å². The van der Waals surface area contributed by atoms with E-state index in [0.29, 0.717) is 5.56 Å². The molecule has 0 saturated carbocycles. The zero-order chi connectivity index (χ0) is 14.8. The average Bonchev–Trinajstić information content (AvgIpc) is 2.25. The van der Waals surface area contributed by atoms with Crippen molar-refractivity contribution in [3.63, 3.8) is 0 Å². The summed E-state index contributed by atoms with van der Waals surface area (Å²) >= 11 is 0. The smallest absolute Gasteiger partial charge is 0.304 e. The van der Waals surface area contributed by atoms with Crippen LogP contribution in [0, 0.1) is 0 Å². The van der Waals surface area contributed by atoms with Crippen molar-refractivity contribution in [1.82, 2.24) is 0 Å². The van der Waals surface area contributed by atoms with Gasteiger partial charge in [-0.2, -0.15) is 0 Å². The summed E-state index contributed by atoms with van der Waals surface area (Å²) < 4.78 is 32.6. The maximum Gasteiger partial charge on any atom is 0.304 e. The molecule has 19 heavy (non-hydrogen) atoms. The average molecular weight is 272 g/mol. The Morgan fingerprint density at radius 2 is 1.89 bits per heavy atom. The number of carboxylic acid groups (broad SMARTS) is 1. The lowest BCUT2D eigenvalue weighted by Crippen LogP contribution is -2.26. The van der Waals surface area contributed by atoms with Gasteiger partial charge in [0.05, 0.1) is 19.1 Å². The monoisotopic (exact) mass is 272 g/mol. The third-order valence-electron chi connectivity index (χ3n) is 3.01. The van der Waals surface area contributed by atoms with Gasteiger partial charge < -0.3 is 9.84 Å². The highest BCUT2D eigenvalue weighted by molar-refractivity contribution is 5.69. The molecule has 0 spiro atoms. The highest BCUT2D eigenvalue weighted by atomic mass is 19.3. The van der Waals surface area contributed by atoms with Gasteiger partial charge in [0.2, 0.25) is 0 Å². The van der Waals surface area contributed by atoms with Crippen LogP contribution in [-0.4, -0.2) is 18.2 Å². The Balaban J connectivity index is 3.47. The summed E-state index contributed by atoms with van der Waals surface area (Å²) in [7, 11) is 1.32. The van der Waals surface area contributed by atoms with Crippen molar-refractivity contribution < 1.29 is 23.4 Å². The van der Waals surface area contributed by atoms with Gasteiger partial charge in [0, 0.05) is 12.3 Å². The molecule has 1 rings (SSSR count). The second-order valence-electron chi connectivity index (χ2n) is 5.23. The largest absolute Gasteiger partial charge is 0.496 e. The predicted molar refractivity (Wildman–Crippen MR) is 67.8 cm³/mol. The Hall–Kier alpha value is -1.65. The van der Waals surface area contributed by atoms with Gasteiger partial charge >= 0.3 is 5.97 Å². The van der Waals surface area contributed by atoms with E-state index in [1.165, 1.54) is 19.2 Å². The summed E-state index contributed by atoms with van der Waals surface area (Å²) in [6.07, 6.45) is -0.233. The Morgan fingerprint density at radius 1 is 1.32 bits per heavy atom. The molecule has 0 aliphatic heterocycles. The molecule has 1 aromatic rings. The van der Waals surface area contributed by atoms with Crippen molar-refractivity contribution in [1.29, 1.82) is 0 Å². The van der Waals surface area contributed by atoms with Crippen molar-refractivity contribution in [2.45, 2.75) is 38.5 Å². The number of hydrogen-bond donors (Lipinski definition) is 1. The van der Waals surface area contributed by atoms with Crippen LogP contribution in [0.4, 0.5) is 8.78 Å². The molecule has 0 bridgehead atoms. The number of halogens is 2. The molecule has 5 heteroatoms. The van der Waals surface area contributed by atoms with E-state index in [2.05, 4.69) is 0 Å². The lowest BCUT2D eigenvalue weighted by Gasteiger charge is -2.29. The molecule has 0 aliphatic carbocycles. The normalized spacial score (nSPS) is 12.3. The van der Waals surface area contributed by atoms with Gasteiger partial charge in [-0.05, 0) is 11.6 Å². The molecule has 0 amide bonds. The van der Waals surface area contributed by atoms with Gasteiger partial charge in [0.15, 0.2) is 0 Å². The number of alkyl halides is 2. The van der Waals surface area contributed by atoms with Crippen molar-refractivity contribution in [3.05, 3.63) is 29.3 Å². The third-order valence-corrected chi connectivity index (χ3v) is 3.01. The van der Waals surface area contributed by atoms with Crippen LogP contribution in [0.25, 0.3) is 0 Å². The van der Waals surface area contributed by atoms with Crippen LogP contribution in [-0.2, 0) is 16.1 Å². The molecule has 0 heterocycles. The Morgan fingerprint density at radius 3 is 2.32 bits per heavy atom. The summed E-state index contributed by atoms with van der Waals surface area (Å²) in [5.41, 5.74) is -0.861. The fourth-order valence-electron chi connectivity index (χ4n) is 2.19. The van der Waals surface area contributed by atoms with Crippen LogP contribution in [0.1, 0.15) is 38.3 Å². The number of aliphatic carboxylic acids is 1. The first-order valence-electron chi connectivity index (χ1n) is 5.87. The maximum absolute atomic E-state index is 13.8. The summed E-state index contributed by atoms with van der Waals surface area (Å²) in [6.45, 7) is 4.04. The Labute approximate surface area is 111 Å². The SMILES string of the molecule is COc1cccc(C(C)(C)CC(=O)O)c1C(C)(F)F. The summed E-state index contributed by atoms with van der Waals surface area (Å²) in [4.78, 5) is 10.9. The van der Waals surface area contributed by atoms with Crippen molar-refractivity contribution in [2.75, 3.05) is 7.11 Å². The zero-order valence-electron chi connectivity index (χ0n) is 11.5. The van der Waals surface area contributed by atoms with Gasteiger partial charge in [-0.25, -0.2) is 8.78 Å². The molecule has 0 unspecified atom stereocenters. The standard InChI is InChI=1S/C14H18F2O3/c1-13(2,8-11(17)18)9-6-5-7-10(19-4)12(9)14(3,15)16/h5-7H,8H2,1-4H3,(H,17,18). The molecular formula is C14H18F2O3. The highest BCUT2D eigenvalue weighted by Gasteiger charge is 2.37. The summed E-state index contributed by atoms with van der Waals surface area (Å²) in [6, 6.07) is 4.57. The number of carbonyl (C=O) groups is 1. The number of rotatable bonds is 5. The number of methoxy groups -OCH3 is 1. The van der Waals surface area contributed by atoms with Gasteiger partial charge in [-0.1, -0.05) is 26.0 Å². The van der Waals surface area contributed by atoms with E-state index in [9.17, 15) is 13.6 Å². The molecule has 1 N–H and O–H groups in total. The van der Waals surface area contributed by atoms with Crippen LogP contribution in [0.2, 0.25) is 0 Å². The van der Waals surface area contributed by atoms with E-state index >= 15 is 0 Å². The fourth-order valence-corrected chi connectivity index (χ4v) is 2.19. The lowest BCUT2D eigenvalue weighted by atomic mass is 9.77.